The first-order valence-corrected chi connectivity index (χ1v) is 3.49. The van der Waals surface area contributed by atoms with Crippen molar-refractivity contribution in [1.29, 1.82) is 0 Å². The second-order valence-electron chi connectivity index (χ2n) is 2.48. The molecular weight excluding hydrogens is 143 g/mol. The summed E-state index contributed by atoms with van der Waals surface area (Å²) in [6.07, 6.45) is 2.89. The van der Waals surface area contributed by atoms with Gasteiger partial charge in [0.15, 0.2) is 0 Å². The van der Waals surface area contributed by atoms with Crippen molar-refractivity contribution >= 4 is 0 Å². The van der Waals surface area contributed by atoms with Crippen LogP contribution in [-0.2, 0) is 6.42 Å². The van der Waals surface area contributed by atoms with Crippen LogP contribution in [0.4, 0.5) is 0 Å². The van der Waals surface area contributed by atoms with E-state index in [0.29, 0.717) is 0 Å². The summed E-state index contributed by atoms with van der Waals surface area (Å²) in [4.78, 5) is 0. The van der Waals surface area contributed by atoms with Crippen LogP contribution in [0.2, 0.25) is 0 Å². The van der Waals surface area contributed by atoms with E-state index in [1.807, 2.05) is 6.08 Å². The summed E-state index contributed by atoms with van der Waals surface area (Å²) in [7, 11) is 0. The fraction of sp³-hybridized carbons (Fsp3) is 0.200. The van der Waals surface area contributed by atoms with Gasteiger partial charge in [-0.15, -0.1) is 6.58 Å². The fourth-order valence-corrected chi connectivity index (χ4v) is 0.891. The third kappa shape index (κ3) is 3.76. The van der Waals surface area contributed by atoms with Crippen molar-refractivity contribution in [3.8, 4) is 0 Å². The summed E-state index contributed by atoms with van der Waals surface area (Å²) in [5, 5.41) is 0. The normalized spacial score (nSPS) is 8.45. The van der Waals surface area contributed by atoms with E-state index in [-0.39, 0.29) is 31.0 Å². The van der Waals surface area contributed by atoms with Crippen molar-refractivity contribution in [1.82, 2.24) is 0 Å². The first-order chi connectivity index (χ1) is 4.83. The number of allylic oxidation sites excluding steroid dienone is 1. The zero-order valence-corrected chi connectivity index (χ0v) is 9.30. The monoisotopic (exact) mass is 156 g/mol. The zero-order chi connectivity index (χ0) is 7.40. The minimum Gasteiger partial charge on any atom is -1.00 e. The molecule has 0 bridgehead atoms. The Labute approximate surface area is 92.1 Å². The van der Waals surface area contributed by atoms with Gasteiger partial charge in [0.25, 0.3) is 0 Å². The number of hydrogen-bond donors (Lipinski definition) is 0. The molecule has 0 aliphatic carbocycles. The summed E-state index contributed by atoms with van der Waals surface area (Å²) in [5.41, 5.74) is 2.65. The van der Waals surface area contributed by atoms with Gasteiger partial charge in [0.2, 0.25) is 0 Å². The molecule has 0 radical (unpaired) electrons. The fourth-order valence-electron chi connectivity index (χ4n) is 0.891. The van der Waals surface area contributed by atoms with Gasteiger partial charge in [0, 0.05) is 0 Å². The molecule has 0 saturated carbocycles. The van der Waals surface area contributed by atoms with Crippen LogP contribution in [-0.4, -0.2) is 0 Å². The molecule has 1 rings (SSSR count). The van der Waals surface area contributed by atoms with E-state index in [0.717, 1.165) is 6.42 Å². The van der Waals surface area contributed by atoms with Gasteiger partial charge >= 0.3 is 29.6 Å². The third-order valence-electron chi connectivity index (χ3n) is 1.50. The zero-order valence-electron chi connectivity index (χ0n) is 8.30. The van der Waals surface area contributed by atoms with Crippen LogP contribution in [0, 0.1) is 6.92 Å². The van der Waals surface area contributed by atoms with Crippen LogP contribution in [0.5, 0.6) is 0 Å². The van der Waals surface area contributed by atoms with E-state index in [1.165, 1.54) is 11.1 Å². The molecule has 0 spiro atoms. The standard InChI is InChI=1S/C10H12.Na.H/c1-3-4-10-7-5-9(2)6-8-10;;/h3,5-8H,1,4H2,2H3;;/q;+1;-1. The molecule has 1 heteroatoms. The van der Waals surface area contributed by atoms with Gasteiger partial charge in [0.05, 0.1) is 0 Å². The maximum absolute atomic E-state index is 3.68. The Morgan fingerprint density at radius 2 is 1.91 bits per heavy atom. The number of benzene rings is 1. The van der Waals surface area contributed by atoms with Gasteiger partial charge in [-0.2, -0.15) is 0 Å². The first-order valence-electron chi connectivity index (χ1n) is 3.49. The average molecular weight is 156 g/mol. The molecule has 0 unspecified atom stereocenters. The van der Waals surface area contributed by atoms with Crippen molar-refractivity contribution in [3.63, 3.8) is 0 Å². The molecule has 0 aliphatic rings. The molecule has 0 aliphatic heterocycles. The molecule has 54 valence electrons. The summed E-state index contributed by atoms with van der Waals surface area (Å²) in [6.45, 7) is 5.77. The van der Waals surface area contributed by atoms with Crippen LogP contribution in [0.25, 0.3) is 0 Å². The maximum atomic E-state index is 3.68. The SMILES string of the molecule is C=CCc1ccc(C)cc1.[H-].[Na+]. The Morgan fingerprint density at radius 1 is 1.36 bits per heavy atom. The molecule has 1 aromatic carbocycles. The van der Waals surface area contributed by atoms with Gasteiger partial charge in [-0.05, 0) is 18.9 Å². The van der Waals surface area contributed by atoms with Gasteiger partial charge in [-0.1, -0.05) is 35.9 Å². The summed E-state index contributed by atoms with van der Waals surface area (Å²) in [5.74, 6) is 0. The third-order valence-corrected chi connectivity index (χ3v) is 1.50. The van der Waals surface area contributed by atoms with Gasteiger partial charge in [-0.25, -0.2) is 0 Å². The number of rotatable bonds is 2. The molecule has 0 aromatic heterocycles. The van der Waals surface area contributed by atoms with E-state index in [4.69, 9.17) is 0 Å². The second-order valence-corrected chi connectivity index (χ2v) is 2.48. The smallest absolute Gasteiger partial charge is 1.00 e. The summed E-state index contributed by atoms with van der Waals surface area (Å²) in [6, 6.07) is 8.52. The van der Waals surface area contributed by atoms with Gasteiger partial charge in [0.1, 0.15) is 0 Å². The Bertz CT molecular complexity index is 216. The Hall–Kier alpha value is -0.0400. The van der Waals surface area contributed by atoms with Crippen molar-refractivity contribution in [2.24, 2.45) is 0 Å². The minimum atomic E-state index is 0. The summed E-state index contributed by atoms with van der Waals surface area (Å²) >= 11 is 0. The van der Waals surface area contributed by atoms with Crippen LogP contribution < -0.4 is 29.6 Å². The predicted octanol–water partition coefficient (Wildman–Crippen LogP) is -0.160. The van der Waals surface area contributed by atoms with Gasteiger partial charge in [-0.3, -0.25) is 0 Å². The number of aryl methyl sites for hydroxylation is 1. The van der Waals surface area contributed by atoms with Crippen molar-refractivity contribution < 1.29 is 31.0 Å². The predicted molar refractivity (Wildman–Crippen MR) is 46.2 cm³/mol. The molecule has 0 fully saturated rings. The van der Waals surface area contributed by atoms with Crippen molar-refractivity contribution in [2.45, 2.75) is 13.3 Å². The van der Waals surface area contributed by atoms with E-state index < -0.39 is 0 Å². The molecule has 0 saturated heterocycles. The van der Waals surface area contributed by atoms with E-state index in [1.54, 1.807) is 0 Å². The Morgan fingerprint density at radius 3 is 2.36 bits per heavy atom. The molecule has 1 aromatic rings. The minimum absolute atomic E-state index is 0. The summed E-state index contributed by atoms with van der Waals surface area (Å²) < 4.78 is 0. The maximum Gasteiger partial charge on any atom is 1.00 e. The van der Waals surface area contributed by atoms with Crippen LogP contribution in [0.15, 0.2) is 36.9 Å². The Balaban J connectivity index is 0. The molecule has 0 heterocycles. The number of hydrogen-bond acceptors (Lipinski definition) is 0. The molecule has 11 heavy (non-hydrogen) atoms. The van der Waals surface area contributed by atoms with Crippen LogP contribution >= 0.6 is 0 Å². The van der Waals surface area contributed by atoms with Crippen molar-refractivity contribution in [2.75, 3.05) is 0 Å². The molecule has 0 amide bonds. The molecule has 0 N–H and O–H groups in total. The first kappa shape index (κ1) is 11.0. The van der Waals surface area contributed by atoms with Crippen molar-refractivity contribution in [3.05, 3.63) is 48.0 Å². The average Bonchev–Trinajstić information content (AvgIpc) is 1.95. The quantitative estimate of drug-likeness (QED) is 0.412. The largest absolute Gasteiger partial charge is 1.00 e. The Kier molecular flexibility index (Phi) is 5.57. The van der Waals surface area contributed by atoms with E-state index >= 15 is 0 Å². The van der Waals surface area contributed by atoms with Crippen LogP contribution in [0.1, 0.15) is 12.6 Å². The van der Waals surface area contributed by atoms with E-state index in [9.17, 15) is 0 Å². The molecule has 0 atom stereocenters. The van der Waals surface area contributed by atoms with Gasteiger partial charge < -0.3 is 1.43 Å². The second kappa shape index (κ2) is 5.59. The molecule has 0 nitrogen and oxygen atoms in total. The van der Waals surface area contributed by atoms with E-state index in [2.05, 4.69) is 37.8 Å². The van der Waals surface area contributed by atoms with Crippen LogP contribution in [0.3, 0.4) is 0 Å². The molecular formula is C10H13Na. The topological polar surface area (TPSA) is 0 Å².